The van der Waals surface area contributed by atoms with Gasteiger partial charge in [-0.15, -0.1) is 0 Å². The molecule has 2 aliphatic carbocycles. The van der Waals surface area contributed by atoms with Gasteiger partial charge in [0.25, 0.3) is 0 Å². The SMILES string of the molecule is CC(=O)OC1c2nc(C(C)C)c3c(c2C(O[Si](C)(C)C(C)(C)C)CC12CCC2)C1(CCOCC1)OC3c1ccc(C(F)(F)F)nc1. The van der Waals surface area contributed by atoms with Crippen LogP contribution in [0.5, 0.6) is 0 Å². The molecule has 2 fully saturated rings. The highest BCUT2D eigenvalue weighted by Crippen LogP contribution is 2.65. The lowest BCUT2D eigenvalue weighted by Gasteiger charge is -2.54. The molecule has 2 aliphatic heterocycles. The molecule has 0 N–H and O–H groups in total. The van der Waals surface area contributed by atoms with Crippen LogP contribution in [0.15, 0.2) is 18.3 Å². The molecule has 4 heterocycles. The first-order valence-electron chi connectivity index (χ1n) is 16.6. The van der Waals surface area contributed by atoms with Crippen LogP contribution in [0.1, 0.15) is 144 Å². The maximum absolute atomic E-state index is 13.5. The predicted octanol–water partition coefficient (Wildman–Crippen LogP) is 8.99. The van der Waals surface area contributed by atoms with Gasteiger partial charge in [-0.05, 0) is 54.9 Å². The van der Waals surface area contributed by atoms with E-state index in [1.54, 1.807) is 0 Å². The van der Waals surface area contributed by atoms with Crippen LogP contribution in [0.2, 0.25) is 18.1 Å². The summed E-state index contributed by atoms with van der Waals surface area (Å²) in [5.74, 6) is -0.385. The Hall–Kier alpha value is -2.34. The molecule has 0 radical (unpaired) electrons. The highest BCUT2D eigenvalue weighted by molar-refractivity contribution is 6.74. The molecule has 0 amide bonds. The zero-order chi connectivity index (χ0) is 33.4. The Morgan fingerprint density at radius 1 is 1.07 bits per heavy atom. The number of pyridine rings is 2. The van der Waals surface area contributed by atoms with Gasteiger partial charge in [0.05, 0.1) is 17.4 Å². The van der Waals surface area contributed by atoms with Crippen LogP contribution in [0.3, 0.4) is 0 Å². The Balaban J connectivity index is 1.64. The van der Waals surface area contributed by atoms with Crippen molar-refractivity contribution < 1.29 is 36.6 Å². The molecule has 3 unspecified atom stereocenters. The lowest BCUT2D eigenvalue weighted by Crippen LogP contribution is -2.49. The Kier molecular flexibility index (Phi) is 8.30. The quantitative estimate of drug-likeness (QED) is 0.234. The molecule has 0 bridgehead atoms. The second-order valence-corrected chi connectivity index (χ2v) is 20.4. The summed E-state index contributed by atoms with van der Waals surface area (Å²) in [6.45, 7) is 17.8. The normalized spacial score (nSPS) is 25.3. The van der Waals surface area contributed by atoms with Gasteiger partial charge >= 0.3 is 12.1 Å². The lowest BCUT2D eigenvalue weighted by molar-refractivity contribution is -0.167. The largest absolute Gasteiger partial charge is 0.455 e. The van der Waals surface area contributed by atoms with Crippen LogP contribution in [-0.4, -0.2) is 37.5 Å². The number of hydrogen-bond donors (Lipinski definition) is 0. The van der Waals surface area contributed by atoms with Crippen molar-refractivity contribution in [2.75, 3.05) is 13.2 Å². The third-order valence-corrected chi connectivity index (χ3v) is 15.7. The number of aromatic nitrogens is 2. The molecule has 11 heteroatoms. The number of nitrogens with zero attached hydrogens (tertiary/aromatic N) is 2. The minimum atomic E-state index is -4.55. The first-order valence-corrected chi connectivity index (χ1v) is 19.5. The summed E-state index contributed by atoms with van der Waals surface area (Å²) < 4.78 is 67.0. The minimum Gasteiger partial charge on any atom is -0.455 e. The van der Waals surface area contributed by atoms with Gasteiger partial charge in [-0.3, -0.25) is 14.8 Å². The van der Waals surface area contributed by atoms with Gasteiger partial charge in [0.15, 0.2) is 8.32 Å². The number of hydrogen-bond acceptors (Lipinski definition) is 7. The van der Waals surface area contributed by atoms with Crippen molar-refractivity contribution >= 4 is 14.3 Å². The van der Waals surface area contributed by atoms with E-state index in [2.05, 4.69) is 52.7 Å². The standard InChI is InChI=1S/C35H47F3N2O5Si/c1-20(2)28-26-27(34(14-16-42-17-15-34)44-30(26)22-10-11-24(39-19-22)35(36,37)38)25-23(45-46(7,8)32(4,5)6)18-33(12-9-13-33)31(29(25)40-28)43-21(3)41/h10-11,19-20,23,30-31H,9,12-18H2,1-8H3. The van der Waals surface area contributed by atoms with E-state index >= 15 is 0 Å². The third kappa shape index (κ3) is 5.52. The molecular formula is C35H47F3N2O5Si. The molecule has 2 aromatic rings. The first kappa shape index (κ1) is 33.6. The molecule has 1 saturated heterocycles. The van der Waals surface area contributed by atoms with Gasteiger partial charge in [0.2, 0.25) is 0 Å². The second-order valence-electron chi connectivity index (χ2n) is 15.6. The zero-order valence-corrected chi connectivity index (χ0v) is 29.3. The molecule has 0 aromatic carbocycles. The zero-order valence-electron chi connectivity index (χ0n) is 28.3. The molecule has 4 aliphatic rings. The topological polar surface area (TPSA) is 79.8 Å². The van der Waals surface area contributed by atoms with E-state index in [4.69, 9.17) is 23.6 Å². The highest BCUT2D eigenvalue weighted by atomic mass is 28.4. The van der Waals surface area contributed by atoms with Crippen molar-refractivity contribution in [3.8, 4) is 0 Å². The van der Waals surface area contributed by atoms with Gasteiger partial charge in [-0.1, -0.05) is 47.1 Å². The minimum absolute atomic E-state index is 0.0421. The fraction of sp³-hybridized carbons (Fsp3) is 0.686. The summed E-state index contributed by atoms with van der Waals surface area (Å²) in [7, 11) is -2.32. The van der Waals surface area contributed by atoms with Crippen molar-refractivity contribution in [2.24, 2.45) is 5.41 Å². The summed E-state index contributed by atoms with van der Waals surface area (Å²) in [6.07, 6.45) is 0.0253. The van der Waals surface area contributed by atoms with Crippen molar-refractivity contribution in [2.45, 2.75) is 134 Å². The monoisotopic (exact) mass is 660 g/mol. The van der Waals surface area contributed by atoms with Gasteiger partial charge in [0.1, 0.15) is 17.9 Å². The van der Waals surface area contributed by atoms with Crippen LogP contribution in [-0.2, 0) is 35.2 Å². The number of ether oxygens (including phenoxy) is 3. The summed E-state index contributed by atoms with van der Waals surface area (Å²) in [6, 6.07) is 2.50. The van der Waals surface area contributed by atoms with Gasteiger partial charge in [-0.25, -0.2) is 0 Å². The molecule has 252 valence electrons. The maximum Gasteiger partial charge on any atom is 0.433 e. The Bertz CT molecular complexity index is 1490. The van der Waals surface area contributed by atoms with E-state index in [-0.39, 0.29) is 28.4 Å². The third-order valence-electron chi connectivity index (χ3n) is 11.2. The molecule has 46 heavy (non-hydrogen) atoms. The predicted molar refractivity (Wildman–Crippen MR) is 169 cm³/mol. The summed E-state index contributed by atoms with van der Waals surface area (Å²) in [4.78, 5) is 21.9. The molecule has 2 aromatic heterocycles. The van der Waals surface area contributed by atoms with E-state index in [9.17, 15) is 18.0 Å². The number of halogens is 3. The number of carbonyl (C=O) groups is 1. The van der Waals surface area contributed by atoms with Crippen molar-refractivity contribution in [3.63, 3.8) is 0 Å². The summed E-state index contributed by atoms with van der Waals surface area (Å²) >= 11 is 0. The average molecular weight is 661 g/mol. The molecular weight excluding hydrogens is 613 g/mol. The van der Waals surface area contributed by atoms with Crippen LogP contribution < -0.4 is 0 Å². The van der Waals surface area contributed by atoms with Crippen molar-refractivity contribution in [1.82, 2.24) is 9.97 Å². The van der Waals surface area contributed by atoms with Crippen LogP contribution >= 0.6 is 0 Å². The lowest BCUT2D eigenvalue weighted by atomic mass is 9.57. The Morgan fingerprint density at radius 2 is 1.74 bits per heavy atom. The average Bonchev–Trinajstić information content (AvgIpc) is 3.25. The van der Waals surface area contributed by atoms with Gasteiger partial charge in [-0.2, -0.15) is 13.2 Å². The Morgan fingerprint density at radius 3 is 2.24 bits per heavy atom. The van der Waals surface area contributed by atoms with Crippen LogP contribution in [0, 0.1) is 5.41 Å². The number of rotatable bonds is 5. The number of carbonyl (C=O) groups excluding carboxylic acids is 1. The fourth-order valence-corrected chi connectivity index (χ4v) is 8.96. The van der Waals surface area contributed by atoms with E-state index in [1.165, 1.54) is 19.2 Å². The number of esters is 1. The summed E-state index contributed by atoms with van der Waals surface area (Å²) in [5.41, 5.74) is 2.97. The maximum atomic E-state index is 13.5. The number of alkyl halides is 3. The summed E-state index contributed by atoms with van der Waals surface area (Å²) in [5, 5.41) is -0.0531. The van der Waals surface area contributed by atoms with Gasteiger partial charge in [0, 0.05) is 67.0 Å². The molecule has 6 rings (SSSR count). The van der Waals surface area contributed by atoms with E-state index in [1.807, 2.05) is 0 Å². The van der Waals surface area contributed by atoms with Crippen LogP contribution in [0.4, 0.5) is 13.2 Å². The Labute approximate surface area is 271 Å². The number of fused-ring (bicyclic) bond motifs is 4. The van der Waals surface area contributed by atoms with E-state index in [0.29, 0.717) is 38.0 Å². The molecule has 2 spiro atoms. The first-order chi connectivity index (χ1) is 21.4. The second kappa shape index (κ2) is 11.4. The fourth-order valence-electron chi connectivity index (χ4n) is 7.69. The van der Waals surface area contributed by atoms with Gasteiger partial charge < -0.3 is 18.6 Å². The van der Waals surface area contributed by atoms with E-state index in [0.717, 1.165) is 53.4 Å². The van der Waals surface area contributed by atoms with E-state index < -0.39 is 38.0 Å². The molecule has 7 nitrogen and oxygen atoms in total. The molecule has 1 saturated carbocycles. The molecule has 3 atom stereocenters. The smallest absolute Gasteiger partial charge is 0.433 e. The highest BCUT2D eigenvalue weighted by Gasteiger charge is 2.59. The van der Waals surface area contributed by atoms with Crippen LogP contribution in [0.25, 0.3) is 0 Å². The van der Waals surface area contributed by atoms with Crippen molar-refractivity contribution in [3.05, 3.63) is 57.7 Å². The van der Waals surface area contributed by atoms with Crippen molar-refractivity contribution in [1.29, 1.82) is 0 Å².